The van der Waals surface area contributed by atoms with Crippen molar-refractivity contribution in [3.05, 3.63) is 22.9 Å². The molecule has 0 unspecified atom stereocenters. The molecule has 110 valence electrons. The number of anilines is 1. The van der Waals surface area contributed by atoms with E-state index < -0.39 is 0 Å². The third-order valence-corrected chi connectivity index (χ3v) is 4.56. The largest absolute Gasteiger partial charge is 0.389 e. The van der Waals surface area contributed by atoms with Crippen LogP contribution in [0.3, 0.4) is 0 Å². The minimum absolute atomic E-state index is 0.430. The molecular weight excluding hydrogens is 266 g/mol. The number of nitrogens with one attached hydrogen (secondary N) is 1. The number of nitrogens with two attached hydrogens (primary N) is 1. The third-order valence-electron chi connectivity index (χ3n) is 4.36. The number of pyridine rings is 1. The molecule has 1 aromatic heterocycles. The number of aromatic nitrogens is 1. The van der Waals surface area contributed by atoms with Crippen LogP contribution in [0, 0.1) is 19.8 Å². The summed E-state index contributed by atoms with van der Waals surface area (Å²) in [6, 6.07) is 2.54. The summed E-state index contributed by atoms with van der Waals surface area (Å²) in [5, 5.41) is 3.58. The van der Waals surface area contributed by atoms with E-state index in [-0.39, 0.29) is 0 Å². The first-order chi connectivity index (χ1) is 9.51. The second kappa shape index (κ2) is 6.53. The molecule has 20 heavy (non-hydrogen) atoms. The van der Waals surface area contributed by atoms with Crippen molar-refractivity contribution in [3.8, 4) is 0 Å². The van der Waals surface area contributed by atoms with E-state index in [0.717, 1.165) is 28.6 Å². The molecule has 0 atom stereocenters. The fourth-order valence-electron chi connectivity index (χ4n) is 3.16. The molecule has 0 saturated heterocycles. The standard InChI is InChI=1S/C16H25N3S/c1-4-12-5-7-13(8-6-12)19-16-14(15(17)20)10(2)9-11(3)18-16/h9,12-13H,4-8H2,1-3H3,(H2,17,20)(H,18,19). The van der Waals surface area contributed by atoms with Gasteiger partial charge in [0.1, 0.15) is 10.8 Å². The summed E-state index contributed by atoms with van der Waals surface area (Å²) >= 11 is 5.18. The summed E-state index contributed by atoms with van der Waals surface area (Å²) in [7, 11) is 0. The first-order valence-electron chi connectivity index (χ1n) is 7.55. The van der Waals surface area contributed by atoms with Crippen LogP contribution in [-0.2, 0) is 0 Å². The van der Waals surface area contributed by atoms with Crippen LogP contribution in [0.15, 0.2) is 6.07 Å². The van der Waals surface area contributed by atoms with Gasteiger partial charge in [0.15, 0.2) is 0 Å². The minimum atomic E-state index is 0.430. The van der Waals surface area contributed by atoms with Crippen LogP contribution in [0.4, 0.5) is 5.82 Å². The molecule has 0 spiro atoms. The predicted molar refractivity (Wildman–Crippen MR) is 89.3 cm³/mol. The number of aryl methyl sites for hydroxylation is 2. The molecule has 1 heterocycles. The monoisotopic (exact) mass is 291 g/mol. The Kier molecular flexibility index (Phi) is 4.97. The second-order valence-electron chi connectivity index (χ2n) is 5.94. The highest BCUT2D eigenvalue weighted by atomic mass is 32.1. The van der Waals surface area contributed by atoms with Crippen molar-refractivity contribution in [1.29, 1.82) is 0 Å². The van der Waals surface area contributed by atoms with Gasteiger partial charge in [-0.05, 0) is 57.1 Å². The Bertz CT molecular complexity index is 491. The van der Waals surface area contributed by atoms with Crippen LogP contribution in [0.2, 0.25) is 0 Å². The molecule has 1 aromatic rings. The number of thiocarbonyl (C=S) groups is 1. The van der Waals surface area contributed by atoms with E-state index in [1.54, 1.807) is 0 Å². The third kappa shape index (κ3) is 3.48. The van der Waals surface area contributed by atoms with Crippen molar-refractivity contribution in [2.75, 3.05) is 5.32 Å². The van der Waals surface area contributed by atoms with Crippen LogP contribution >= 0.6 is 12.2 Å². The lowest BCUT2D eigenvalue weighted by Crippen LogP contribution is -2.28. The van der Waals surface area contributed by atoms with E-state index in [9.17, 15) is 0 Å². The van der Waals surface area contributed by atoms with Crippen LogP contribution in [0.25, 0.3) is 0 Å². The molecule has 2 rings (SSSR count). The fourth-order valence-corrected chi connectivity index (χ4v) is 3.42. The zero-order valence-electron chi connectivity index (χ0n) is 12.7. The Morgan fingerprint density at radius 3 is 2.55 bits per heavy atom. The first kappa shape index (κ1) is 15.2. The first-order valence-corrected chi connectivity index (χ1v) is 7.96. The minimum Gasteiger partial charge on any atom is -0.389 e. The maximum Gasteiger partial charge on any atom is 0.136 e. The van der Waals surface area contributed by atoms with E-state index in [4.69, 9.17) is 18.0 Å². The van der Waals surface area contributed by atoms with Crippen LogP contribution in [0.5, 0.6) is 0 Å². The number of hydrogen-bond acceptors (Lipinski definition) is 3. The second-order valence-corrected chi connectivity index (χ2v) is 6.38. The van der Waals surface area contributed by atoms with Crippen molar-refractivity contribution in [2.24, 2.45) is 11.7 Å². The average molecular weight is 291 g/mol. The molecule has 0 aromatic carbocycles. The molecule has 1 saturated carbocycles. The van der Waals surface area contributed by atoms with Crippen molar-refractivity contribution in [3.63, 3.8) is 0 Å². The highest BCUT2D eigenvalue weighted by Gasteiger charge is 2.21. The Morgan fingerprint density at radius 2 is 2.00 bits per heavy atom. The zero-order valence-corrected chi connectivity index (χ0v) is 13.5. The van der Waals surface area contributed by atoms with Gasteiger partial charge < -0.3 is 11.1 Å². The van der Waals surface area contributed by atoms with Gasteiger partial charge in [-0.3, -0.25) is 0 Å². The van der Waals surface area contributed by atoms with Gasteiger partial charge in [-0.2, -0.15) is 0 Å². The number of rotatable bonds is 4. The van der Waals surface area contributed by atoms with Crippen molar-refractivity contribution < 1.29 is 0 Å². The molecule has 3 N–H and O–H groups in total. The van der Waals surface area contributed by atoms with E-state index >= 15 is 0 Å². The summed E-state index contributed by atoms with van der Waals surface area (Å²) in [5.41, 5.74) is 8.88. The molecule has 1 fully saturated rings. The highest BCUT2D eigenvalue weighted by Crippen LogP contribution is 2.29. The van der Waals surface area contributed by atoms with Gasteiger partial charge in [-0.1, -0.05) is 25.6 Å². The van der Waals surface area contributed by atoms with Crippen molar-refractivity contribution in [2.45, 2.75) is 58.9 Å². The average Bonchev–Trinajstić information content (AvgIpc) is 2.38. The molecule has 0 amide bonds. The maximum absolute atomic E-state index is 5.87. The van der Waals surface area contributed by atoms with Gasteiger partial charge in [-0.15, -0.1) is 0 Å². The van der Waals surface area contributed by atoms with Gasteiger partial charge in [-0.25, -0.2) is 4.98 Å². The van der Waals surface area contributed by atoms with Gasteiger partial charge in [0.25, 0.3) is 0 Å². The maximum atomic E-state index is 5.87. The smallest absolute Gasteiger partial charge is 0.136 e. The summed E-state index contributed by atoms with van der Waals surface area (Å²) in [6.07, 6.45) is 6.34. The van der Waals surface area contributed by atoms with E-state index in [0.29, 0.717) is 11.0 Å². The lowest BCUT2D eigenvalue weighted by molar-refractivity contribution is 0.330. The summed E-state index contributed by atoms with van der Waals surface area (Å²) in [4.78, 5) is 5.04. The Hall–Kier alpha value is -1.16. The van der Waals surface area contributed by atoms with E-state index in [1.165, 1.54) is 32.1 Å². The fraction of sp³-hybridized carbons (Fsp3) is 0.625. The Morgan fingerprint density at radius 1 is 1.35 bits per heavy atom. The molecule has 1 aliphatic rings. The molecule has 3 nitrogen and oxygen atoms in total. The Labute approximate surface area is 127 Å². The number of nitrogens with zero attached hydrogens (tertiary/aromatic N) is 1. The lowest BCUT2D eigenvalue weighted by atomic mass is 9.84. The van der Waals surface area contributed by atoms with Crippen LogP contribution in [-0.4, -0.2) is 16.0 Å². The van der Waals surface area contributed by atoms with E-state index in [1.807, 2.05) is 19.9 Å². The molecule has 4 heteroatoms. The SMILES string of the molecule is CCC1CCC(Nc2nc(C)cc(C)c2C(N)=S)CC1. The molecule has 0 radical (unpaired) electrons. The normalized spacial score (nSPS) is 22.6. The molecule has 1 aliphatic carbocycles. The zero-order chi connectivity index (χ0) is 14.7. The predicted octanol–water partition coefficient (Wildman–Crippen LogP) is 3.71. The van der Waals surface area contributed by atoms with E-state index in [2.05, 4.69) is 17.2 Å². The topological polar surface area (TPSA) is 50.9 Å². The summed E-state index contributed by atoms with van der Waals surface area (Å²) in [5.74, 6) is 1.77. The van der Waals surface area contributed by atoms with Crippen LogP contribution in [0.1, 0.15) is 55.8 Å². The summed E-state index contributed by atoms with van der Waals surface area (Å²) < 4.78 is 0. The van der Waals surface area contributed by atoms with Gasteiger partial charge in [0.2, 0.25) is 0 Å². The number of hydrogen-bond donors (Lipinski definition) is 2. The van der Waals surface area contributed by atoms with Crippen molar-refractivity contribution in [1.82, 2.24) is 4.98 Å². The van der Waals surface area contributed by atoms with Gasteiger partial charge in [0.05, 0.1) is 5.56 Å². The molecule has 0 bridgehead atoms. The highest BCUT2D eigenvalue weighted by molar-refractivity contribution is 7.80. The quantitative estimate of drug-likeness (QED) is 0.830. The molecule has 0 aliphatic heterocycles. The summed E-state index contributed by atoms with van der Waals surface area (Å²) in [6.45, 7) is 6.34. The van der Waals surface area contributed by atoms with Gasteiger partial charge >= 0.3 is 0 Å². The molecular formula is C16H25N3S. The van der Waals surface area contributed by atoms with Gasteiger partial charge in [0, 0.05) is 11.7 Å². The van der Waals surface area contributed by atoms with Crippen LogP contribution < -0.4 is 11.1 Å². The van der Waals surface area contributed by atoms with Crippen molar-refractivity contribution >= 4 is 23.0 Å². The lowest BCUT2D eigenvalue weighted by Gasteiger charge is -2.29. The Balaban J connectivity index is 2.15.